The van der Waals surface area contributed by atoms with Gasteiger partial charge in [-0.3, -0.25) is 0 Å². The largest absolute Gasteiger partial charge is 0.456 e. The molecule has 8 aromatic carbocycles. The standard InChI is InChI=1S/C42H26O/c1-2-13-27(14-3-1)29-25-28-15-4-5-16-30(28)37(26-29)41-33-19-8-6-17-31(33)40(32-18-7-9-20-34(32)41)36-22-12-24-39-42(36)35-21-10-11-23-38(35)43-39/h1-26H. The van der Waals surface area contributed by atoms with Crippen LogP contribution in [0.25, 0.3) is 87.6 Å². The molecule has 0 unspecified atom stereocenters. The summed E-state index contributed by atoms with van der Waals surface area (Å²) in [5.74, 6) is 0. The van der Waals surface area contributed by atoms with Gasteiger partial charge in [0.25, 0.3) is 0 Å². The lowest BCUT2D eigenvalue weighted by Crippen LogP contribution is -1.93. The highest BCUT2D eigenvalue weighted by molar-refractivity contribution is 6.27. The van der Waals surface area contributed by atoms with Gasteiger partial charge in [0.2, 0.25) is 0 Å². The zero-order chi connectivity index (χ0) is 28.3. The van der Waals surface area contributed by atoms with Gasteiger partial charge in [0, 0.05) is 10.8 Å². The fourth-order valence-corrected chi connectivity index (χ4v) is 7.01. The number of furan rings is 1. The molecule has 0 aliphatic carbocycles. The van der Waals surface area contributed by atoms with Gasteiger partial charge in [-0.1, -0.05) is 133 Å². The summed E-state index contributed by atoms with van der Waals surface area (Å²) in [6.45, 7) is 0. The van der Waals surface area contributed by atoms with Crippen LogP contribution >= 0.6 is 0 Å². The molecule has 0 aliphatic heterocycles. The van der Waals surface area contributed by atoms with Gasteiger partial charge in [-0.15, -0.1) is 0 Å². The Bertz CT molecular complexity index is 2440. The lowest BCUT2D eigenvalue weighted by molar-refractivity contribution is 0.669. The molecule has 0 N–H and O–H groups in total. The molecule has 1 heteroatoms. The van der Waals surface area contributed by atoms with Crippen molar-refractivity contribution in [3.8, 4) is 33.4 Å². The zero-order valence-electron chi connectivity index (χ0n) is 23.4. The van der Waals surface area contributed by atoms with Crippen molar-refractivity contribution in [1.29, 1.82) is 0 Å². The van der Waals surface area contributed by atoms with Crippen LogP contribution in [0, 0.1) is 0 Å². The van der Waals surface area contributed by atoms with Crippen LogP contribution in [0.4, 0.5) is 0 Å². The SMILES string of the molecule is c1ccc(-c2cc(-c3c4ccccc4c(-c4cccc5oc6ccccc6c45)c4ccccc34)c3ccccc3c2)cc1. The van der Waals surface area contributed by atoms with Crippen LogP contribution in [-0.2, 0) is 0 Å². The predicted octanol–water partition coefficient (Wildman–Crippen LogP) is 12.0. The zero-order valence-corrected chi connectivity index (χ0v) is 23.4. The summed E-state index contributed by atoms with van der Waals surface area (Å²) in [4.78, 5) is 0. The number of benzene rings is 8. The molecule has 0 bridgehead atoms. The van der Waals surface area contributed by atoms with Crippen molar-refractivity contribution >= 4 is 54.3 Å². The Labute approximate surface area is 249 Å². The van der Waals surface area contributed by atoms with Gasteiger partial charge in [0.1, 0.15) is 11.2 Å². The maximum absolute atomic E-state index is 6.34. The molecule has 0 atom stereocenters. The highest BCUT2D eigenvalue weighted by Crippen LogP contribution is 2.48. The molecule has 1 nitrogen and oxygen atoms in total. The van der Waals surface area contributed by atoms with Gasteiger partial charge in [-0.05, 0) is 90.0 Å². The molecule has 0 fully saturated rings. The minimum atomic E-state index is 0.914. The van der Waals surface area contributed by atoms with Crippen molar-refractivity contribution in [2.24, 2.45) is 0 Å². The lowest BCUT2D eigenvalue weighted by Gasteiger charge is -2.20. The minimum Gasteiger partial charge on any atom is -0.456 e. The van der Waals surface area contributed by atoms with E-state index < -0.39 is 0 Å². The van der Waals surface area contributed by atoms with E-state index in [0.29, 0.717) is 0 Å². The van der Waals surface area contributed by atoms with E-state index in [2.05, 4.69) is 152 Å². The van der Waals surface area contributed by atoms with Crippen molar-refractivity contribution in [2.45, 2.75) is 0 Å². The normalized spacial score (nSPS) is 11.7. The average molecular weight is 547 g/mol. The molecule has 1 heterocycles. The molecule has 0 spiro atoms. The summed E-state index contributed by atoms with van der Waals surface area (Å²) in [5, 5.41) is 9.78. The Balaban J connectivity index is 1.45. The molecule has 0 amide bonds. The van der Waals surface area contributed by atoms with E-state index in [4.69, 9.17) is 4.42 Å². The van der Waals surface area contributed by atoms with E-state index in [9.17, 15) is 0 Å². The monoisotopic (exact) mass is 546 g/mol. The second-order valence-corrected chi connectivity index (χ2v) is 11.2. The van der Waals surface area contributed by atoms with E-state index >= 15 is 0 Å². The number of hydrogen-bond acceptors (Lipinski definition) is 1. The highest BCUT2D eigenvalue weighted by Gasteiger charge is 2.21. The van der Waals surface area contributed by atoms with Gasteiger partial charge in [-0.2, -0.15) is 0 Å². The Hall–Kier alpha value is -5.66. The summed E-state index contributed by atoms with van der Waals surface area (Å²) in [7, 11) is 0. The van der Waals surface area contributed by atoms with Gasteiger partial charge >= 0.3 is 0 Å². The van der Waals surface area contributed by atoms with E-state index in [-0.39, 0.29) is 0 Å². The van der Waals surface area contributed by atoms with Crippen LogP contribution < -0.4 is 0 Å². The van der Waals surface area contributed by atoms with E-state index in [1.165, 1.54) is 65.7 Å². The Morgan fingerprint density at radius 2 is 0.860 bits per heavy atom. The first kappa shape index (κ1) is 24.0. The molecular formula is C42H26O. The second kappa shape index (κ2) is 9.44. The maximum atomic E-state index is 6.34. The Morgan fingerprint density at radius 3 is 1.56 bits per heavy atom. The van der Waals surface area contributed by atoms with Gasteiger partial charge in [0.15, 0.2) is 0 Å². The molecule has 43 heavy (non-hydrogen) atoms. The van der Waals surface area contributed by atoms with E-state index in [1.807, 2.05) is 6.07 Å². The fraction of sp³-hybridized carbons (Fsp3) is 0. The van der Waals surface area contributed by atoms with Crippen LogP contribution in [0.2, 0.25) is 0 Å². The van der Waals surface area contributed by atoms with Crippen molar-refractivity contribution < 1.29 is 4.42 Å². The molecule has 1 aromatic heterocycles. The third-order valence-electron chi connectivity index (χ3n) is 8.84. The first-order chi connectivity index (χ1) is 21.3. The molecule has 9 rings (SSSR count). The predicted molar refractivity (Wildman–Crippen MR) is 183 cm³/mol. The maximum Gasteiger partial charge on any atom is 0.136 e. The van der Waals surface area contributed by atoms with Gasteiger partial charge in [0.05, 0.1) is 0 Å². The summed E-state index contributed by atoms with van der Waals surface area (Å²) < 4.78 is 6.34. The molecular weight excluding hydrogens is 520 g/mol. The summed E-state index contributed by atoms with van der Waals surface area (Å²) in [5.41, 5.74) is 9.24. The Morgan fingerprint density at radius 1 is 0.326 bits per heavy atom. The second-order valence-electron chi connectivity index (χ2n) is 11.2. The summed E-state index contributed by atoms with van der Waals surface area (Å²) in [6.07, 6.45) is 0. The van der Waals surface area contributed by atoms with Crippen LogP contribution in [0.1, 0.15) is 0 Å². The third kappa shape index (κ3) is 3.65. The molecule has 0 saturated carbocycles. The first-order valence-corrected chi connectivity index (χ1v) is 14.8. The first-order valence-electron chi connectivity index (χ1n) is 14.8. The van der Waals surface area contributed by atoms with E-state index in [1.54, 1.807) is 0 Å². The van der Waals surface area contributed by atoms with Gasteiger partial charge < -0.3 is 4.42 Å². The third-order valence-corrected chi connectivity index (χ3v) is 8.84. The van der Waals surface area contributed by atoms with Crippen LogP contribution in [0.5, 0.6) is 0 Å². The lowest BCUT2D eigenvalue weighted by atomic mass is 9.83. The quantitative estimate of drug-likeness (QED) is 0.201. The van der Waals surface area contributed by atoms with Crippen molar-refractivity contribution in [1.82, 2.24) is 0 Å². The number of hydrogen-bond donors (Lipinski definition) is 0. The Kier molecular flexibility index (Phi) is 5.27. The fourth-order valence-electron chi connectivity index (χ4n) is 7.01. The van der Waals surface area contributed by atoms with Crippen LogP contribution in [0.15, 0.2) is 162 Å². The molecule has 0 saturated heterocycles. The number of rotatable bonds is 3. The summed E-state index contributed by atoms with van der Waals surface area (Å²) >= 11 is 0. The minimum absolute atomic E-state index is 0.914. The molecule has 200 valence electrons. The summed E-state index contributed by atoms with van der Waals surface area (Å²) in [6, 6.07) is 56.8. The van der Waals surface area contributed by atoms with Crippen LogP contribution in [-0.4, -0.2) is 0 Å². The smallest absolute Gasteiger partial charge is 0.136 e. The van der Waals surface area contributed by atoms with Gasteiger partial charge in [-0.25, -0.2) is 0 Å². The molecule has 0 radical (unpaired) electrons. The van der Waals surface area contributed by atoms with Crippen molar-refractivity contribution in [3.63, 3.8) is 0 Å². The number of fused-ring (bicyclic) bond motifs is 6. The van der Waals surface area contributed by atoms with Crippen molar-refractivity contribution in [3.05, 3.63) is 158 Å². The highest BCUT2D eigenvalue weighted by atomic mass is 16.3. The van der Waals surface area contributed by atoms with Crippen molar-refractivity contribution in [2.75, 3.05) is 0 Å². The average Bonchev–Trinajstić information content (AvgIpc) is 3.46. The molecule has 9 aromatic rings. The number of para-hydroxylation sites is 1. The van der Waals surface area contributed by atoms with E-state index in [0.717, 1.165) is 21.9 Å². The van der Waals surface area contributed by atoms with Crippen LogP contribution in [0.3, 0.4) is 0 Å². The topological polar surface area (TPSA) is 13.1 Å². The molecule has 0 aliphatic rings.